The molecule has 0 aliphatic carbocycles. The lowest BCUT2D eigenvalue weighted by atomic mass is 9.93. The normalized spacial score (nSPS) is 23.6. The summed E-state index contributed by atoms with van der Waals surface area (Å²) >= 11 is 0. The Labute approximate surface area is 218 Å². The minimum atomic E-state index is -1.02. The first kappa shape index (κ1) is 28.1. The zero-order chi connectivity index (χ0) is 26.6. The minimum Gasteiger partial charge on any atom is -0.455 e. The van der Waals surface area contributed by atoms with E-state index in [0.717, 1.165) is 5.56 Å². The molecule has 5 atom stereocenters. The van der Waals surface area contributed by atoms with Gasteiger partial charge in [-0.2, -0.15) is 0 Å². The minimum absolute atomic E-state index is 0.0686. The molecule has 1 heterocycles. The maximum absolute atomic E-state index is 13.5. The highest BCUT2D eigenvalue weighted by Crippen LogP contribution is 2.27. The Hall–Kier alpha value is -3.49. The quantitative estimate of drug-likeness (QED) is 0.287. The molecule has 0 radical (unpaired) electrons. The second kappa shape index (κ2) is 14.3. The third-order valence-electron chi connectivity index (χ3n) is 6.32. The topological polar surface area (TPSA) is 114 Å². The summed E-state index contributed by atoms with van der Waals surface area (Å²) in [6, 6.07) is 17.7. The summed E-state index contributed by atoms with van der Waals surface area (Å²) in [5.41, 5.74) is 1.72. The average molecular weight is 509 g/mol. The van der Waals surface area contributed by atoms with Gasteiger partial charge in [0.15, 0.2) is 0 Å². The molecule has 3 N–H and O–H groups in total. The van der Waals surface area contributed by atoms with Crippen LogP contribution < -0.4 is 10.6 Å². The first-order chi connectivity index (χ1) is 17.9. The summed E-state index contributed by atoms with van der Waals surface area (Å²) in [6.07, 6.45) is 3.79. The van der Waals surface area contributed by atoms with Gasteiger partial charge in [0.05, 0.1) is 25.2 Å². The number of hydrogen-bond donors (Lipinski definition) is 3. The van der Waals surface area contributed by atoms with Crippen molar-refractivity contribution in [1.82, 2.24) is 10.6 Å². The van der Waals surface area contributed by atoms with Gasteiger partial charge in [-0.05, 0) is 37.3 Å². The molecule has 1 aliphatic rings. The molecule has 0 bridgehead atoms. The highest BCUT2D eigenvalue weighted by atomic mass is 16.5. The first-order valence-electron chi connectivity index (χ1n) is 12.6. The first-order valence-corrected chi connectivity index (χ1v) is 12.6. The van der Waals surface area contributed by atoms with E-state index in [9.17, 15) is 19.5 Å². The van der Waals surface area contributed by atoms with Crippen molar-refractivity contribution in [2.75, 3.05) is 20.3 Å². The Morgan fingerprint density at radius 3 is 2.38 bits per heavy atom. The van der Waals surface area contributed by atoms with Crippen LogP contribution in [0.25, 0.3) is 0 Å². The van der Waals surface area contributed by atoms with Crippen LogP contribution in [0.3, 0.4) is 0 Å². The van der Waals surface area contributed by atoms with E-state index in [-0.39, 0.29) is 25.6 Å². The largest absolute Gasteiger partial charge is 0.455 e. The summed E-state index contributed by atoms with van der Waals surface area (Å²) in [7, 11) is 1.50. The maximum Gasteiger partial charge on any atom is 0.310 e. The van der Waals surface area contributed by atoms with Crippen molar-refractivity contribution in [2.24, 2.45) is 11.8 Å². The van der Waals surface area contributed by atoms with Crippen LogP contribution in [0.5, 0.6) is 0 Å². The number of esters is 1. The number of carbonyl (C=O) groups is 3. The maximum atomic E-state index is 13.5. The van der Waals surface area contributed by atoms with Crippen LogP contribution in [0.2, 0.25) is 0 Å². The van der Waals surface area contributed by atoms with Gasteiger partial charge in [0, 0.05) is 13.2 Å². The van der Waals surface area contributed by atoms with E-state index < -0.39 is 41.8 Å². The predicted octanol–water partition coefficient (Wildman–Crippen LogP) is 2.72. The number of ether oxygens (including phenoxy) is 2. The van der Waals surface area contributed by atoms with Gasteiger partial charge >= 0.3 is 5.97 Å². The van der Waals surface area contributed by atoms with E-state index in [1.165, 1.54) is 7.11 Å². The van der Waals surface area contributed by atoms with Gasteiger partial charge in [-0.1, -0.05) is 72.8 Å². The number of allylic oxidation sites excluding steroid dienone is 2. The highest BCUT2D eigenvalue weighted by molar-refractivity contribution is 6.00. The molecular formula is C29H36N2O6. The Kier molecular flexibility index (Phi) is 10.9. The third-order valence-corrected chi connectivity index (χ3v) is 6.32. The zero-order valence-corrected chi connectivity index (χ0v) is 21.3. The van der Waals surface area contributed by atoms with E-state index in [1.54, 1.807) is 13.0 Å². The molecule has 0 fully saturated rings. The molecule has 2 aromatic carbocycles. The summed E-state index contributed by atoms with van der Waals surface area (Å²) in [5, 5.41) is 14.9. The van der Waals surface area contributed by atoms with Gasteiger partial charge in [-0.15, -0.1) is 0 Å². The second-order valence-electron chi connectivity index (χ2n) is 9.31. The molecule has 37 heavy (non-hydrogen) atoms. The fraction of sp³-hybridized carbons (Fsp3) is 0.414. The molecule has 8 heteroatoms. The van der Waals surface area contributed by atoms with Crippen molar-refractivity contribution >= 4 is 17.8 Å². The van der Waals surface area contributed by atoms with E-state index in [4.69, 9.17) is 9.47 Å². The lowest BCUT2D eigenvalue weighted by Gasteiger charge is -2.31. The summed E-state index contributed by atoms with van der Waals surface area (Å²) in [4.78, 5) is 39.7. The smallest absolute Gasteiger partial charge is 0.310 e. The van der Waals surface area contributed by atoms with Crippen LogP contribution in [0.4, 0.5) is 0 Å². The Morgan fingerprint density at radius 2 is 1.73 bits per heavy atom. The molecule has 2 aromatic rings. The van der Waals surface area contributed by atoms with Crippen LogP contribution in [0, 0.1) is 11.8 Å². The number of hydrogen-bond acceptors (Lipinski definition) is 6. The molecular weight excluding hydrogens is 472 g/mol. The second-order valence-corrected chi connectivity index (χ2v) is 9.31. The number of methoxy groups -OCH3 is 1. The molecule has 0 spiro atoms. The van der Waals surface area contributed by atoms with Gasteiger partial charge in [-0.25, -0.2) is 0 Å². The lowest BCUT2D eigenvalue weighted by Crippen LogP contribution is -2.50. The lowest BCUT2D eigenvalue weighted by molar-refractivity contribution is -0.158. The number of cyclic esters (lactones) is 1. The Morgan fingerprint density at radius 1 is 1.08 bits per heavy atom. The molecule has 0 saturated carbocycles. The van der Waals surface area contributed by atoms with E-state index in [2.05, 4.69) is 10.6 Å². The van der Waals surface area contributed by atoms with Crippen molar-refractivity contribution in [3.8, 4) is 0 Å². The number of rotatable bonds is 8. The average Bonchev–Trinajstić information content (AvgIpc) is 2.90. The molecule has 1 aliphatic heterocycles. The number of aliphatic hydroxyl groups excluding tert-OH is 1. The standard InChI is InChI=1S/C29H36N2O6/c1-20(18-32)30-27(33)24-16-10-9-15-23(17-21-11-5-3-6-12-21)29(35)37-26(22-13-7-4-8-14-22)25(19-36-2)31-28(24)34/h3-14,20,23-26,32H,15-19H2,1-2H3,(H,30,33)(H,31,34)/t20-,23?,24?,25?,26?/m1/s1. The number of benzene rings is 2. The highest BCUT2D eigenvalue weighted by Gasteiger charge is 2.35. The van der Waals surface area contributed by atoms with Gasteiger partial charge < -0.3 is 25.2 Å². The van der Waals surface area contributed by atoms with Crippen LogP contribution in [0.1, 0.15) is 37.0 Å². The molecule has 2 amide bonds. The van der Waals surface area contributed by atoms with Crippen molar-refractivity contribution in [1.29, 1.82) is 0 Å². The molecule has 0 saturated heterocycles. The fourth-order valence-corrected chi connectivity index (χ4v) is 4.29. The van der Waals surface area contributed by atoms with Crippen LogP contribution in [0.15, 0.2) is 72.8 Å². The monoisotopic (exact) mass is 508 g/mol. The van der Waals surface area contributed by atoms with Crippen LogP contribution in [-0.4, -0.2) is 55.3 Å². The SMILES string of the molecule is COCC1NC(=O)C(C(=O)N[C@H](C)CO)CC=CCC(Cc2ccccc2)C(=O)OC1c1ccccc1. The van der Waals surface area contributed by atoms with E-state index in [1.807, 2.05) is 66.7 Å². The van der Waals surface area contributed by atoms with Crippen molar-refractivity contribution in [3.63, 3.8) is 0 Å². The summed E-state index contributed by atoms with van der Waals surface area (Å²) in [5.74, 6) is -2.84. The Bertz CT molecular complexity index is 1040. The van der Waals surface area contributed by atoms with Crippen molar-refractivity contribution in [2.45, 2.75) is 44.4 Å². The van der Waals surface area contributed by atoms with Gasteiger partial charge in [0.2, 0.25) is 11.8 Å². The summed E-state index contributed by atoms with van der Waals surface area (Å²) in [6.45, 7) is 1.49. The number of amides is 2. The van der Waals surface area contributed by atoms with E-state index in [0.29, 0.717) is 18.4 Å². The van der Waals surface area contributed by atoms with Gasteiger partial charge in [0.1, 0.15) is 12.0 Å². The zero-order valence-electron chi connectivity index (χ0n) is 21.3. The van der Waals surface area contributed by atoms with Gasteiger partial charge in [0.25, 0.3) is 0 Å². The number of nitrogens with one attached hydrogen (secondary N) is 2. The third kappa shape index (κ3) is 8.27. The summed E-state index contributed by atoms with van der Waals surface area (Å²) < 4.78 is 11.5. The number of carbonyl (C=O) groups excluding carboxylic acids is 3. The van der Waals surface area contributed by atoms with Crippen molar-refractivity contribution < 1.29 is 29.0 Å². The fourth-order valence-electron chi connectivity index (χ4n) is 4.29. The molecule has 3 rings (SSSR count). The predicted molar refractivity (Wildman–Crippen MR) is 139 cm³/mol. The van der Waals surface area contributed by atoms with Crippen molar-refractivity contribution in [3.05, 3.63) is 83.9 Å². The molecule has 198 valence electrons. The van der Waals surface area contributed by atoms with E-state index >= 15 is 0 Å². The molecule has 0 aromatic heterocycles. The number of aliphatic hydroxyl groups is 1. The van der Waals surface area contributed by atoms with Crippen LogP contribution >= 0.6 is 0 Å². The Balaban J connectivity index is 1.97. The van der Waals surface area contributed by atoms with Crippen LogP contribution in [-0.2, 0) is 30.3 Å². The van der Waals surface area contributed by atoms with Gasteiger partial charge in [-0.3, -0.25) is 14.4 Å². The molecule has 8 nitrogen and oxygen atoms in total. The molecule has 4 unspecified atom stereocenters.